The van der Waals surface area contributed by atoms with Crippen molar-refractivity contribution in [3.8, 4) is 0 Å². The van der Waals surface area contributed by atoms with Crippen LogP contribution in [0, 0.1) is 0 Å². The minimum atomic E-state index is -3.99. The summed E-state index contributed by atoms with van der Waals surface area (Å²) >= 11 is 7.17. The molecule has 4 rings (SSSR count). The molecular weight excluding hydrogens is 472 g/mol. The van der Waals surface area contributed by atoms with Gasteiger partial charge in [-0.1, -0.05) is 17.7 Å². The van der Waals surface area contributed by atoms with Gasteiger partial charge in [-0.25, -0.2) is 21.7 Å². The van der Waals surface area contributed by atoms with Crippen molar-refractivity contribution in [3.63, 3.8) is 0 Å². The maximum absolute atomic E-state index is 12.7. The molecule has 4 aromatic rings. The molecule has 0 fully saturated rings. The van der Waals surface area contributed by atoms with E-state index in [2.05, 4.69) is 4.98 Å². The summed E-state index contributed by atoms with van der Waals surface area (Å²) in [6.45, 7) is 0.415. The molecule has 0 aliphatic carbocycles. The van der Waals surface area contributed by atoms with Gasteiger partial charge in [0.15, 0.2) is 0 Å². The zero-order valence-electron chi connectivity index (χ0n) is 16.6. The molecule has 0 aliphatic heterocycles. The predicted molar refractivity (Wildman–Crippen MR) is 126 cm³/mol. The number of nitrogens with two attached hydrogens (primary N) is 2. The fraction of sp³-hybridized carbons (Fsp3) is 0.100. The lowest BCUT2D eigenvalue weighted by molar-refractivity contribution is -0.118. The standard InChI is InChI=1S/C20H19ClN6O3S2/c21-15-2-1-14-7-10-25(18(14)13-15)11-8-19(28)26(22)16-3-5-17(6-4-16)32(29,30)27(23)20-24-9-12-31-20/h1-7,9-10,12-13H,8,11,22-23H2. The van der Waals surface area contributed by atoms with E-state index in [1.54, 1.807) is 5.38 Å². The van der Waals surface area contributed by atoms with Gasteiger partial charge in [-0.3, -0.25) is 4.79 Å². The Balaban J connectivity index is 1.44. The second kappa shape index (κ2) is 8.88. The summed E-state index contributed by atoms with van der Waals surface area (Å²) in [5.41, 5.74) is 1.28. The zero-order valence-corrected chi connectivity index (χ0v) is 19.0. The van der Waals surface area contributed by atoms with Crippen LogP contribution in [-0.2, 0) is 21.4 Å². The first-order valence-corrected chi connectivity index (χ1v) is 12.1. The van der Waals surface area contributed by atoms with E-state index in [-0.39, 0.29) is 22.4 Å². The molecule has 0 radical (unpaired) electrons. The Bertz CT molecular complexity index is 1350. The summed E-state index contributed by atoms with van der Waals surface area (Å²) in [6, 6.07) is 13.1. The van der Waals surface area contributed by atoms with Crippen LogP contribution < -0.4 is 21.1 Å². The van der Waals surface area contributed by atoms with E-state index in [9.17, 15) is 13.2 Å². The predicted octanol–water partition coefficient (Wildman–Crippen LogP) is 3.12. The number of fused-ring (bicyclic) bond motifs is 1. The van der Waals surface area contributed by atoms with E-state index in [1.165, 1.54) is 30.5 Å². The van der Waals surface area contributed by atoms with Gasteiger partial charge in [0.05, 0.1) is 10.6 Å². The van der Waals surface area contributed by atoms with Gasteiger partial charge in [0, 0.05) is 41.3 Å². The molecule has 4 N–H and O–H groups in total. The summed E-state index contributed by atoms with van der Waals surface area (Å²) in [5.74, 6) is 11.4. The van der Waals surface area contributed by atoms with Crippen molar-refractivity contribution in [2.75, 3.05) is 9.42 Å². The second-order valence-corrected chi connectivity index (χ2v) is 9.96. The molecule has 2 heterocycles. The van der Waals surface area contributed by atoms with Crippen molar-refractivity contribution in [2.24, 2.45) is 11.7 Å². The first kappa shape index (κ1) is 22.2. The third-order valence-electron chi connectivity index (χ3n) is 4.85. The Morgan fingerprint density at radius 2 is 1.88 bits per heavy atom. The number of amides is 1. The monoisotopic (exact) mass is 490 g/mol. The number of rotatable bonds is 7. The number of anilines is 2. The van der Waals surface area contributed by atoms with Crippen molar-refractivity contribution in [2.45, 2.75) is 17.9 Å². The highest BCUT2D eigenvalue weighted by molar-refractivity contribution is 7.93. The third-order valence-corrected chi connectivity index (χ3v) is 7.53. The van der Waals surface area contributed by atoms with Gasteiger partial charge in [-0.15, -0.1) is 11.3 Å². The molecule has 9 nitrogen and oxygen atoms in total. The number of hydrogen-bond acceptors (Lipinski definition) is 7. The Morgan fingerprint density at radius 1 is 1.12 bits per heavy atom. The van der Waals surface area contributed by atoms with Gasteiger partial charge in [0.25, 0.3) is 10.0 Å². The van der Waals surface area contributed by atoms with E-state index in [0.717, 1.165) is 27.2 Å². The van der Waals surface area contributed by atoms with Crippen molar-refractivity contribution in [1.29, 1.82) is 0 Å². The number of hydrazine groups is 2. The van der Waals surface area contributed by atoms with Crippen LogP contribution in [0.4, 0.5) is 10.8 Å². The Hall–Kier alpha value is -2.96. The first-order valence-electron chi connectivity index (χ1n) is 9.39. The van der Waals surface area contributed by atoms with E-state index >= 15 is 0 Å². The van der Waals surface area contributed by atoms with Crippen molar-refractivity contribution in [3.05, 3.63) is 71.3 Å². The summed E-state index contributed by atoms with van der Waals surface area (Å²) in [7, 11) is -3.99. The minimum absolute atomic E-state index is 0.0458. The van der Waals surface area contributed by atoms with Crippen LogP contribution in [0.15, 0.2) is 71.2 Å². The van der Waals surface area contributed by atoms with E-state index in [0.29, 0.717) is 21.7 Å². The lowest BCUT2D eigenvalue weighted by Gasteiger charge is -2.19. The molecule has 0 aliphatic rings. The number of sulfonamides is 1. The topological polar surface area (TPSA) is 128 Å². The van der Waals surface area contributed by atoms with Gasteiger partial charge in [0.1, 0.15) is 0 Å². The molecule has 0 bridgehead atoms. The van der Waals surface area contributed by atoms with Gasteiger partial charge < -0.3 is 4.57 Å². The highest BCUT2D eigenvalue weighted by Crippen LogP contribution is 2.24. The lowest BCUT2D eigenvalue weighted by atomic mass is 10.2. The van der Waals surface area contributed by atoms with Crippen LogP contribution in [0.2, 0.25) is 5.02 Å². The molecule has 0 saturated heterocycles. The molecule has 0 atom stereocenters. The number of aryl methyl sites for hydroxylation is 1. The van der Waals surface area contributed by atoms with E-state index < -0.39 is 10.0 Å². The minimum Gasteiger partial charge on any atom is -0.347 e. The van der Waals surface area contributed by atoms with Crippen molar-refractivity contribution < 1.29 is 13.2 Å². The largest absolute Gasteiger partial charge is 0.347 e. The average Bonchev–Trinajstić information content (AvgIpc) is 3.46. The zero-order chi connectivity index (χ0) is 22.9. The van der Waals surface area contributed by atoms with Crippen LogP contribution in [0.5, 0.6) is 0 Å². The van der Waals surface area contributed by atoms with Crippen LogP contribution in [0.3, 0.4) is 0 Å². The summed E-state index contributed by atoms with van der Waals surface area (Å²) < 4.78 is 27.9. The number of benzene rings is 2. The van der Waals surface area contributed by atoms with Crippen LogP contribution >= 0.6 is 22.9 Å². The number of aromatic nitrogens is 2. The third kappa shape index (κ3) is 4.33. The summed E-state index contributed by atoms with van der Waals surface area (Å²) in [4.78, 5) is 16.4. The number of hydrogen-bond donors (Lipinski definition) is 2. The smallest absolute Gasteiger partial charge is 0.279 e. The molecule has 166 valence electrons. The van der Waals surface area contributed by atoms with Crippen LogP contribution in [0.25, 0.3) is 10.9 Å². The molecule has 0 unspecified atom stereocenters. The fourth-order valence-electron chi connectivity index (χ4n) is 3.15. The summed E-state index contributed by atoms with van der Waals surface area (Å²) in [6.07, 6.45) is 3.49. The SMILES string of the molecule is NN(C(=O)CCn1ccc2ccc(Cl)cc21)c1ccc(S(=O)(=O)N(N)c2nccs2)cc1. The maximum Gasteiger partial charge on any atom is 0.279 e. The fourth-order valence-corrected chi connectivity index (χ4v) is 5.17. The molecule has 12 heteroatoms. The maximum atomic E-state index is 12.7. The summed E-state index contributed by atoms with van der Waals surface area (Å²) in [5, 5.41) is 4.40. The van der Waals surface area contributed by atoms with Gasteiger partial charge >= 0.3 is 0 Å². The van der Waals surface area contributed by atoms with Gasteiger partial charge in [-0.2, -0.15) is 12.8 Å². The van der Waals surface area contributed by atoms with E-state index in [4.69, 9.17) is 23.3 Å². The number of halogens is 1. The highest BCUT2D eigenvalue weighted by Gasteiger charge is 2.24. The van der Waals surface area contributed by atoms with Gasteiger partial charge in [0.2, 0.25) is 11.0 Å². The molecule has 2 aromatic carbocycles. The normalized spacial score (nSPS) is 11.6. The van der Waals surface area contributed by atoms with E-state index in [1.807, 2.05) is 35.0 Å². The molecule has 0 saturated carbocycles. The second-order valence-electron chi connectivity index (χ2n) is 6.84. The first-order chi connectivity index (χ1) is 15.3. The van der Waals surface area contributed by atoms with Gasteiger partial charge in [-0.05, 0) is 47.9 Å². The molecular formula is C20H19ClN6O3S2. The number of carbonyl (C=O) groups excluding carboxylic acids is 1. The number of thiazole rings is 1. The molecule has 0 spiro atoms. The Morgan fingerprint density at radius 3 is 2.56 bits per heavy atom. The average molecular weight is 491 g/mol. The van der Waals surface area contributed by atoms with Crippen molar-refractivity contribution >= 4 is 60.6 Å². The highest BCUT2D eigenvalue weighted by atomic mass is 35.5. The van der Waals surface area contributed by atoms with Crippen LogP contribution in [-0.4, -0.2) is 23.9 Å². The lowest BCUT2D eigenvalue weighted by Crippen LogP contribution is -2.38. The molecule has 32 heavy (non-hydrogen) atoms. The Labute approximate surface area is 193 Å². The number of nitrogens with zero attached hydrogens (tertiary/aromatic N) is 4. The Kier molecular flexibility index (Phi) is 6.17. The number of carbonyl (C=O) groups is 1. The molecule has 2 aromatic heterocycles. The molecule has 1 amide bonds. The van der Waals surface area contributed by atoms with Crippen LogP contribution in [0.1, 0.15) is 6.42 Å². The quantitative estimate of drug-likeness (QED) is 0.233. The van der Waals surface area contributed by atoms with Crippen molar-refractivity contribution in [1.82, 2.24) is 9.55 Å².